The maximum absolute atomic E-state index is 5.45. The summed E-state index contributed by atoms with van der Waals surface area (Å²) in [6, 6.07) is 110. The topological polar surface area (TPSA) is 129 Å². The Hall–Kier alpha value is -14.0. The average Bonchev–Trinajstić information content (AvgIpc) is 0.735. The van der Waals surface area contributed by atoms with Crippen molar-refractivity contribution in [2.45, 2.75) is 0 Å². The van der Waals surface area contributed by atoms with E-state index in [-0.39, 0.29) is 0 Å². The summed E-state index contributed by atoms with van der Waals surface area (Å²) in [5.74, 6) is 3.44. The number of pyridine rings is 4. The van der Waals surface area contributed by atoms with Crippen LogP contribution >= 0.6 is 0 Å². The van der Waals surface area contributed by atoms with E-state index >= 15 is 0 Å². The molecular weight excluding hydrogens is 1250 g/mol. The zero-order valence-electron chi connectivity index (χ0n) is 54.8. The molecule has 6 aromatic heterocycles. The van der Waals surface area contributed by atoms with E-state index in [0.29, 0.717) is 34.9 Å². The van der Waals surface area contributed by atoms with Crippen molar-refractivity contribution in [1.82, 2.24) is 49.8 Å². The van der Waals surface area contributed by atoms with Gasteiger partial charge in [-0.3, -0.25) is 19.9 Å². The lowest BCUT2D eigenvalue weighted by Gasteiger charge is -2.16. The van der Waals surface area contributed by atoms with Crippen LogP contribution in [0.15, 0.2) is 340 Å². The fourth-order valence-electron chi connectivity index (χ4n) is 14.3. The molecule has 19 aromatic rings. The molecule has 0 bridgehead atoms. The van der Waals surface area contributed by atoms with E-state index in [4.69, 9.17) is 49.8 Å². The summed E-state index contributed by atoms with van der Waals surface area (Å²) < 4.78 is 0. The van der Waals surface area contributed by atoms with E-state index in [0.717, 1.165) is 165 Å². The summed E-state index contributed by atoms with van der Waals surface area (Å²) in [5.41, 5.74) is 21.3. The van der Waals surface area contributed by atoms with Crippen molar-refractivity contribution in [3.8, 4) is 135 Å². The van der Waals surface area contributed by atoms with Crippen LogP contribution < -0.4 is 0 Å². The number of fused-ring (bicyclic) bond motifs is 10. The minimum atomic E-state index is 0.549. The lowest BCUT2D eigenvalue weighted by molar-refractivity contribution is 1.07. The Bertz CT molecular complexity index is 6400. The summed E-state index contributed by atoms with van der Waals surface area (Å²) in [5, 5.41) is 8.49. The summed E-state index contributed by atoms with van der Waals surface area (Å²) in [6.07, 6.45) is 7.63. The third-order valence-electron chi connectivity index (χ3n) is 19.3. The van der Waals surface area contributed by atoms with Crippen LogP contribution in [0.25, 0.3) is 200 Å². The molecule has 13 aromatic carbocycles. The van der Waals surface area contributed by atoms with E-state index in [1.54, 1.807) is 0 Å². The van der Waals surface area contributed by atoms with E-state index in [2.05, 4.69) is 194 Å². The SMILES string of the molecule is c1ccc(-c2ccc(-c3cc4c5cccnc5c(-c5cccc(-c6nc(-c7ccccc7)nc(-c7ccccc7)n6)c5)cc4c4cc(-c5ccc(-c6nc(-c7ccccc7)nc(-c7cccc(-c8cc9c%10cccnc%10c(-c%10ccccc%10)cc9c9cccnc89)c7)n6)cc5)cnc34)cc2)cc1. The molecular formula is C92H56N10. The molecule has 0 fully saturated rings. The molecule has 0 unspecified atom stereocenters. The van der Waals surface area contributed by atoms with E-state index in [9.17, 15) is 0 Å². The highest BCUT2D eigenvalue weighted by atomic mass is 15.0. The molecule has 0 aliphatic carbocycles. The van der Waals surface area contributed by atoms with E-state index < -0.39 is 0 Å². The summed E-state index contributed by atoms with van der Waals surface area (Å²) in [6.45, 7) is 0. The second-order valence-electron chi connectivity index (χ2n) is 25.5. The predicted octanol–water partition coefficient (Wildman–Crippen LogP) is 22.6. The van der Waals surface area contributed by atoms with Gasteiger partial charge in [-0.05, 0) is 121 Å². The molecule has 0 N–H and O–H groups in total. The van der Waals surface area contributed by atoms with Crippen molar-refractivity contribution >= 4 is 65.2 Å². The van der Waals surface area contributed by atoms with Crippen LogP contribution in [-0.4, -0.2) is 49.8 Å². The number of aromatic nitrogens is 10. The second-order valence-corrected chi connectivity index (χ2v) is 25.5. The first-order valence-corrected chi connectivity index (χ1v) is 34.0. The van der Waals surface area contributed by atoms with Crippen LogP contribution in [0.3, 0.4) is 0 Å². The smallest absolute Gasteiger partial charge is 0.164 e. The van der Waals surface area contributed by atoms with Gasteiger partial charge < -0.3 is 0 Å². The molecule has 474 valence electrons. The maximum Gasteiger partial charge on any atom is 0.164 e. The molecule has 0 radical (unpaired) electrons. The lowest BCUT2D eigenvalue weighted by Crippen LogP contribution is -2.00. The summed E-state index contributed by atoms with van der Waals surface area (Å²) in [4.78, 5) is 51.6. The Morgan fingerprint density at radius 1 is 0.147 bits per heavy atom. The predicted molar refractivity (Wildman–Crippen MR) is 415 cm³/mol. The first-order valence-electron chi connectivity index (χ1n) is 34.0. The average molecular weight is 1300 g/mol. The number of nitrogens with zero attached hydrogens (tertiary/aromatic N) is 10. The van der Waals surface area contributed by atoms with Crippen molar-refractivity contribution in [3.05, 3.63) is 340 Å². The quantitative estimate of drug-likeness (QED) is 0.109. The van der Waals surface area contributed by atoms with Crippen LogP contribution in [0.1, 0.15) is 0 Å². The molecule has 10 nitrogen and oxygen atoms in total. The van der Waals surface area contributed by atoms with Crippen molar-refractivity contribution < 1.29 is 0 Å². The molecule has 0 atom stereocenters. The summed E-state index contributed by atoms with van der Waals surface area (Å²) in [7, 11) is 0. The Labute approximate surface area is 586 Å². The number of hydrogen-bond acceptors (Lipinski definition) is 10. The van der Waals surface area contributed by atoms with Crippen molar-refractivity contribution in [2.75, 3.05) is 0 Å². The van der Waals surface area contributed by atoms with Gasteiger partial charge in [0, 0.05) is 108 Å². The van der Waals surface area contributed by atoms with Gasteiger partial charge in [-0.1, -0.05) is 255 Å². The fourth-order valence-corrected chi connectivity index (χ4v) is 14.3. The molecule has 0 aliphatic heterocycles. The zero-order chi connectivity index (χ0) is 67.5. The molecule has 0 spiro atoms. The first-order chi connectivity index (χ1) is 50.5. The van der Waals surface area contributed by atoms with Gasteiger partial charge in [-0.25, -0.2) is 29.9 Å². The first kappa shape index (κ1) is 59.3. The monoisotopic (exact) mass is 1300 g/mol. The van der Waals surface area contributed by atoms with Crippen molar-refractivity contribution in [1.29, 1.82) is 0 Å². The molecule has 0 saturated heterocycles. The molecule has 19 rings (SSSR count). The largest absolute Gasteiger partial charge is 0.256 e. The van der Waals surface area contributed by atoms with Crippen LogP contribution in [0.5, 0.6) is 0 Å². The number of rotatable bonds is 12. The Morgan fingerprint density at radius 2 is 0.412 bits per heavy atom. The molecule has 0 aliphatic rings. The van der Waals surface area contributed by atoms with E-state index in [1.807, 2.05) is 146 Å². The molecule has 102 heavy (non-hydrogen) atoms. The van der Waals surface area contributed by atoms with Gasteiger partial charge in [-0.15, -0.1) is 0 Å². The highest BCUT2D eigenvalue weighted by Crippen LogP contribution is 2.45. The van der Waals surface area contributed by atoms with Crippen molar-refractivity contribution in [2.24, 2.45) is 0 Å². The van der Waals surface area contributed by atoms with Crippen LogP contribution in [0.2, 0.25) is 0 Å². The van der Waals surface area contributed by atoms with E-state index in [1.165, 1.54) is 0 Å². The van der Waals surface area contributed by atoms with Gasteiger partial charge in [0.2, 0.25) is 0 Å². The highest BCUT2D eigenvalue weighted by molar-refractivity contribution is 6.24. The molecule has 0 amide bonds. The van der Waals surface area contributed by atoms with Gasteiger partial charge in [0.1, 0.15) is 0 Å². The zero-order valence-corrected chi connectivity index (χ0v) is 54.8. The summed E-state index contributed by atoms with van der Waals surface area (Å²) >= 11 is 0. The minimum Gasteiger partial charge on any atom is -0.256 e. The minimum absolute atomic E-state index is 0.549. The maximum atomic E-state index is 5.45. The van der Waals surface area contributed by atoms with Gasteiger partial charge >= 0.3 is 0 Å². The molecule has 6 heterocycles. The van der Waals surface area contributed by atoms with Crippen molar-refractivity contribution in [3.63, 3.8) is 0 Å². The Kier molecular flexibility index (Phi) is 14.6. The molecule has 0 saturated carbocycles. The lowest BCUT2D eigenvalue weighted by atomic mass is 9.89. The van der Waals surface area contributed by atoms with Crippen LogP contribution in [-0.2, 0) is 0 Å². The van der Waals surface area contributed by atoms with Gasteiger partial charge in [0.15, 0.2) is 34.9 Å². The van der Waals surface area contributed by atoms with Gasteiger partial charge in [-0.2, -0.15) is 0 Å². The van der Waals surface area contributed by atoms with Crippen LogP contribution in [0.4, 0.5) is 0 Å². The Balaban J connectivity index is 0.731. The normalized spacial score (nSPS) is 11.5. The number of hydrogen-bond donors (Lipinski definition) is 0. The van der Waals surface area contributed by atoms with Crippen LogP contribution in [0, 0.1) is 0 Å². The number of benzene rings is 13. The highest BCUT2D eigenvalue weighted by Gasteiger charge is 2.22. The second kappa shape index (κ2) is 25.2. The fraction of sp³-hybridized carbons (Fsp3) is 0. The van der Waals surface area contributed by atoms with Gasteiger partial charge in [0.25, 0.3) is 0 Å². The third-order valence-corrected chi connectivity index (χ3v) is 19.3. The Morgan fingerprint density at radius 3 is 0.814 bits per heavy atom. The van der Waals surface area contributed by atoms with Gasteiger partial charge in [0.05, 0.1) is 22.1 Å². The third kappa shape index (κ3) is 10.8. The molecule has 10 heteroatoms. The standard InChI is InChI=1S/C92H56N10/c1-6-21-57(22-7-1)58-38-42-61(43-39-58)75-53-80-73-37-20-48-95-85(73)77(67-32-17-33-68(50-67)91-99-87(62-25-10-3-11-26-62)97-88(100-91)63-27-12-4-13-28-63)55-81(80)82-51-70(56-96-86(75)82)59-40-44-65(45-41-59)90-98-89(64-29-14-5-15-30-64)101-92(102-90)69-34-16-31-66(49-69)76-54-79-71-35-18-46-93-83(71)74(60-23-8-2-9-24-60)52-78(79)72-36-19-47-94-84(72)76/h1-56H.